The van der Waals surface area contributed by atoms with E-state index in [4.69, 9.17) is 4.74 Å². The zero-order valence-corrected chi connectivity index (χ0v) is 12.0. The number of hydrogen-bond donors (Lipinski definition) is 2. The maximum Gasteiger partial charge on any atom is 0.407 e. The molecule has 7 heteroatoms. The molecule has 3 amide bonds. The zero-order valence-electron chi connectivity index (χ0n) is 12.0. The van der Waals surface area contributed by atoms with Crippen molar-refractivity contribution in [2.45, 2.75) is 25.8 Å². The smallest absolute Gasteiger partial charge is 0.407 e. The number of likely N-dealkylation sites (tertiary alicyclic amines) is 1. The third-order valence-corrected chi connectivity index (χ3v) is 3.24. The summed E-state index contributed by atoms with van der Waals surface area (Å²) in [5.41, 5.74) is 0.704. The number of amides is 3. The van der Waals surface area contributed by atoms with Crippen molar-refractivity contribution in [3.8, 4) is 0 Å². The SMILES string of the molecule is CCOC(=O)NC1CCCN(C(=O)Nc2ccncc2)C1. The summed E-state index contributed by atoms with van der Waals surface area (Å²) in [7, 11) is 0. The molecular weight excluding hydrogens is 272 g/mol. The van der Waals surface area contributed by atoms with Gasteiger partial charge in [-0.15, -0.1) is 0 Å². The van der Waals surface area contributed by atoms with Gasteiger partial charge in [-0.1, -0.05) is 0 Å². The fraction of sp³-hybridized carbons (Fsp3) is 0.500. The maximum atomic E-state index is 12.2. The number of piperidine rings is 1. The van der Waals surface area contributed by atoms with Gasteiger partial charge in [0.1, 0.15) is 0 Å². The molecular formula is C14H20N4O3. The number of carbonyl (C=O) groups excluding carboxylic acids is 2. The van der Waals surface area contributed by atoms with E-state index in [0.717, 1.165) is 12.8 Å². The molecule has 0 aliphatic carbocycles. The van der Waals surface area contributed by atoms with Gasteiger partial charge in [-0.2, -0.15) is 0 Å². The van der Waals surface area contributed by atoms with Crippen LogP contribution in [-0.2, 0) is 4.74 Å². The molecule has 1 fully saturated rings. The molecule has 114 valence electrons. The first-order chi connectivity index (χ1) is 10.2. The van der Waals surface area contributed by atoms with E-state index in [1.807, 2.05) is 0 Å². The number of rotatable bonds is 3. The molecule has 1 saturated heterocycles. The Morgan fingerprint density at radius 1 is 1.43 bits per heavy atom. The van der Waals surface area contributed by atoms with Gasteiger partial charge in [0.05, 0.1) is 6.61 Å². The molecule has 21 heavy (non-hydrogen) atoms. The van der Waals surface area contributed by atoms with Crippen LogP contribution < -0.4 is 10.6 Å². The highest BCUT2D eigenvalue weighted by Crippen LogP contribution is 2.13. The lowest BCUT2D eigenvalue weighted by atomic mass is 10.1. The molecule has 1 unspecified atom stereocenters. The van der Waals surface area contributed by atoms with Crippen molar-refractivity contribution < 1.29 is 14.3 Å². The summed E-state index contributed by atoms with van der Waals surface area (Å²) in [5.74, 6) is 0. The molecule has 1 aromatic rings. The number of aromatic nitrogens is 1. The summed E-state index contributed by atoms with van der Waals surface area (Å²) in [6.07, 6.45) is 4.51. The number of nitrogens with one attached hydrogen (secondary N) is 2. The number of pyridine rings is 1. The second-order valence-electron chi connectivity index (χ2n) is 4.82. The minimum atomic E-state index is -0.432. The van der Waals surface area contributed by atoms with Crippen LogP contribution in [0.25, 0.3) is 0 Å². The molecule has 0 saturated carbocycles. The molecule has 2 rings (SSSR count). The van der Waals surface area contributed by atoms with Gasteiger partial charge >= 0.3 is 12.1 Å². The molecule has 1 aromatic heterocycles. The van der Waals surface area contributed by atoms with E-state index >= 15 is 0 Å². The van der Waals surface area contributed by atoms with E-state index in [1.165, 1.54) is 0 Å². The van der Waals surface area contributed by atoms with Crippen molar-refractivity contribution >= 4 is 17.8 Å². The average molecular weight is 292 g/mol. The molecule has 1 atom stereocenters. The fourth-order valence-corrected chi connectivity index (χ4v) is 2.26. The van der Waals surface area contributed by atoms with Crippen molar-refractivity contribution in [2.75, 3.05) is 25.0 Å². The molecule has 0 aromatic carbocycles. The van der Waals surface area contributed by atoms with E-state index in [1.54, 1.807) is 36.4 Å². The van der Waals surface area contributed by atoms with Crippen molar-refractivity contribution in [2.24, 2.45) is 0 Å². The largest absolute Gasteiger partial charge is 0.450 e. The fourth-order valence-electron chi connectivity index (χ4n) is 2.26. The monoisotopic (exact) mass is 292 g/mol. The predicted molar refractivity (Wildman–Crippen MR) is 78.0 cm³/mol. The molecule has 2 heterocycles. The zero-order chi connectivity index (χ0) is 15.1. The lowest BCUT2D eigenvalue weighted by Crippen LogP contribution is -2.50. The summed E-state index contributed by atoms with van der Waals surface area (Å²) < 4.78 is 4.86. The lowest BCUT2D eigenvalue weighted by molar-refractivity contribution is 0.137. The highest BCUT2D eigenvalue weighted by atomic mass is 16.5. The third kappa shape index (κ3) is 4.62. The van der Waals surface area contributed by atoms with E-state index in [9.17, 15) is 9.59 Å². The van der Waals surface area contributed by atoms with Crippen LogP contribution in [0, 0.1) is 0 Å². The Morgan fingerprint density at radius 3 is 2.90 bits per heavy atom. The van der Waals surface area contributed by atoms with Crippen molar-refractivity contribution in [1.82, 2.24) is 15.2 Å². The number of carbonyl (C=O) groups is 2. The Kier molecular flexibility index (Phi) is 5.36. The third-order valence-electron chi connectivity index (χ3n) is 3.24. The van der Waals surface area contributed by atoms with Crippen molar-refractivity contribution in [3.63, 3.8) is 0 Å². The van der Waals surface area contributed by atoms with Gasteiger partial charge in [0.25, 0.3) is 0 Å². The van der Waals surface area contributed by atoms with Gasteiger partial charge in [0.15, 0.2) is 0 Å². The molecule has 0 radical (unpaired) electrons. The Labute approximate surface area is 123 Å². The summed E-state index contributed by atoms with van der Waals surface area (Å²) >= 11 is 0. The summed E-state index contributed by atoms with van der Waals surface area (Å²) in [5, 5.41) is 5.59. The van der Waals surface area contributed by atoms with Crippen LogP contribution in [0.4, 0.5) is 15.3 Å². The van der Waals surface area contributed by atoms with E-state index in [-0.39, 0.29) is 12.1 Å². The van der Waals surface area contributed by atoms with Gasteiger partial charge in [-0.25, -0.2) is 9.59 Å². The number of anilines is 1. The van der Waals surface area contributed by atoms with Crippen LogP contribution in [0.15, 0.2) is 24.5 Å². The predicted octanol–water partition coefficient (Wildman–Crippen LogP) is 1.82. The van der Waals surface area contributed by atoms with Gasteiger partial charge in [-0.3, -0.25) is 4.98 Å². The van der Waals surface area contributed by atoms with Crippen LogP contribution in [0.1, 0.15) is 19.8 Å². The molecule has 7 nitrogen and oxygen atoms in total. The van der Waals surface area contributed by atoms with Crippen LogP contribution in [0.5, 0.6) is 0 Å². The first kappa shape index (κ1) is 15.1. The standard InChI is InChI=1S/C14H20N4O3/c1-2-21-14(20)17-12-4-3-9-18(10-12)13(19)16-11-5-7-15-8-6-11/h5-8,12H,2-4,9-10H2,1H3,(H,17,20)(H,15,16,19). The van der Waals surface area contributed by atoms with E-state index in [0.29, 0.717) is 25.4 Å². The Morgan fingerprint density at radius 2 is 2.19 bits per heavy atom. The molecule has 2 N–H and O–H groups in total. The minimum absolute atomic E-state index is 0.0685. The van der Waals surface area contributed by atoms with Crippen molar-refractivity contribution in [3.05, 3.63) is 24.5 Å². The Bertz CT molecular complexity index is 480. The Hall–Kier alpha value is -2.31. The Balaban J connectivity index is 1.85. The highest BCUT2D eigenvalue weighted by Gasteiger charge is 2.25. The van der Waals surface area contributed by atoms with Gasteiger partial charge in [-0.05, 0) is 31.9 Å². The van der Waals surface area contributed by atoms with Crippen LogP contribution in [-0.4, -0.2) is 47.7 Å². The summed E-state index contributed by atoms with van der Waals surface area (Å²) in [4.78, 5) is 29.2. The first-order valence-electron chi connectivity index (χ1n) is 7.08. The average Bonchev–Trinajstić information content (AvgIpc) is 2.48. The quantitative estimate of drug-likeness (QED) is 0.890. The second-order valence-corrected chi connectivity index (χ2v) is 4.82. The number of urea groups is 1. The van der Waals surface area contributed by atoms with Crippen LogP contribution in [0.2, 0.25) is 0 Å². The summed E-state index contributed by atoms with van der Waals surface area (Å²) in [6.45, 7) is 3.26. The second kappa shape index (κ2) is 7.47. The van der Waals surface area contributed by atoms with Gasteiger partial charge in [0, 0.05) is 37.2 Å². The lowest BCUT2D eigenvalue weighted by Gasteiger charge is -2.32. The van der Waals surface area contributed by atoms with Gasteiger partial charge in [0.2, 0.25) is 0 Å². The minimum Gasteiger partial charge on any atom is -0.450 e. The highest BCUT2D eigenvalue weighted by molar-refractivity contribution is 5.89. The van der Waals surface area contributed by atoms with E-state index < -0.39 is 6.09 Å². The number of ether oxygens (including phenoxy) is 1. The maximum absolute atomic E-state index is 12.2. The number of nitrogens with zero attached hydrogens (tertiary/aromatic N) is 2. The van der Waals surface area contributed by atoms with Crippen molar-refractivity contribution in [1.29, 1.82) is 0 Å². The first-order valence-corrected chi connectivity index (χ1v) is 7.08. The number of alkyl carbamates (subject to hydrolysis) is 1. The number of hydrogen-bond acceptors (Lipinski definition) is 4. The summed E-state index contributed by atoms with van der Waals surface area (Å²) in [6, 6.07) is 3.23. The molecule has 0 spiro atoms. The van der Waals surface area contributed by atoms with E-state index in [2.05, 4.69) is 15.6 Å². The molecule has 1 aliphatic heterocycles. The topological polar surface area (TPSA) is 83.6 Å². The van der Waals surface area contributed by atoms with Crippen LogP contribution in [0.3, 0.4) is 0 Å². The molecule has 1 aliphatic rings. The van der Waals surface area contributed by atoms with Gasteiger partial charge < -0.3 is 20.3 Å². The van der Waals surface area contributed by atoms with Crippen LogP contribution >= 0.6 is 0 Å². The normalized spacial score (nSPS) is 18.0. The molecule has 0 bridgehead atoms.